The van der Waals surface area contributed by atoms with E-state index in [0.29, 0.717) is 0 Å². The maximum absolute atomic E-state index is 12.3. The van der Waals surface area contributed by atoms with Crippen LogP contribution in [0.15, 0.2) is 23.1 Å². The Morgan fingerprint density at radius 1 is 1.04 bits per heavy atom. The van der Waals surface area contributed by atoms with Crippen molar-refractivity contribution >= 4 is 15.9 Å². The molecule has 0 heterocycles. The van der Waals surface area contributed by atoms with Crippen LogP contribution >= 0.6 is 0 Å². The molecular formula is C19H30N2O3S. The predicted molar refractivity (Wildman–Crippen MR) is 100.0 cm³/mol. The Hall–Kier alpha value is -1.40. The molecule has 0 saturated heterocycles. The standard InChI is InChI=1S/C19H30N2O3S/c1-15-10-11-18(14-16(15)2)25(23,24)20-13-12-19(22)21-17-8-6-4-3-5-7-9-17/h10-11,14,17,20H,3-9,12-13H2,1-2H3,(H,21,22). The maximum Gasteiger partial charge on any atom is 0.240 e. The zero-order valence-corrected chi connectivity index (χ0v) is 16.1. The number of nitrogens with one attached hydrogen (secondary N) is 2. The van der Waals surface area contributed by atoms with Gasteiger partial charge in [-0.2, -0.15) is 0 Å². The number of hydrogen-bond donors (Lipinski definition) is 2. The van der Waals surface area contributed by atoms with Crippen molar-refractivity contribution in [2.45, 2.75) is 76.2 Å². The third-order valence-electron chi connectivity index (χ3n) is 4.90. The molecule has 2 rings (SSSR count). The number of amides is 1. The normalized spacial score (nSPS) is 16.9. The first-order chi connectivity index (χ1) is 11.9. The molecule has 0 spiro atoms. The number of hydrogen-bond acceptors (Lipinski definition) is 3. The number of rotatable bonds is 6. The quantitative estimate of drug-likeness (QED) is 0.812. The molecule has 2 N–H and O–H groups in total. The summed E-state index contributed by atoms with van der Waals surface area (Å²) in [6, 6.07) is 5.29. The fraction of sp³-hybridized carbons (Fsp3) is 0.632. The highest BCUT2D eigenvalue weighted by Crippen LogP contribution is 2.17. The van der Waals surface area contributed by atoms with Gasteiger partial charge in [0.2, 0.25) is 15.9 Å². The Kier molecular flexibility index (Phi) is 7.44. The Balaban J connectivity index is 1.80. The molecule has 0 aliphatic heterocycles. The van der Waals surface area contributed by atoms with Gasteiger partial charge in [0, 0.05) is 19.0 Å². The van der Waals surface area contributed by atoms with E-state index in [0.717, 1.165) is 36.8 Å². The molecule has 1 aromatic carbocycles. The molecule has 5 nitrogen and oxygen atoms in total. The minimum Gasteiger partial charge on any atom is -0.353 e. The van der Waals surface area contributed by atoms with E-state index >= 15 is 0 Å². The highest BCUT2D eigenvalue weighted by Gasteiger charge is 2.17. The van der Waals surface area contributed by atoms with Gasteiger partial charge in [0.25, 0.3) is 0 Å². The molecule has 1 amide bonds. The van der Waals surface area contributed by atoms with E-state index in [-0.39, 0.29) is 29.8 Å². The smallest absolute Gasteiger partial charge is 0.240 e. The molecule has 0 aromatic heterocycles. The van der Waals surface area contributed by atoms with Gasteiger partial charge in [-0.05, 0) is 49.9 Å². The fourth-order valence-electron chi connectivity index (χ4n) is 3.16. The average molecular weight is 367 g/mol. The van der Waals surface area contributed by atoms with Gasteiger partial charge < -0.3 is 5.32 Å². The Bertz CT molecular complexity index is 678. The summed E-state index contributed by atoms with van der Waals surface area (Å²) in [7, 11) is -3.57. The molecule has 0 bridgehead atoms. The Morgan fingerprint density at radius 2 is 1.68 bits per heavy atom. The zero-order valence-electron chi connectivity index (χ0n) is 15.3. The van der Waals surface area contributed by atoms with Crippen molar-refractivity contribution in [1.29, 1.82) is 0 Å². The van der Waals surface area contributed by atoms with E-state index in [1.807, 2.05) is 13.8 Å². The van der Waals surface area contributed by atoms with Crippen molar-refractivity contribution in [1.82, 2.24) is 10.0 Å². The van der Waals surface area contributed by atoms with E-state index < -0.39 is 10.0 Å². The third kappa shape index (κ3) is 6.44. The van der Waals surface area contributed by atoms with Gasteiger partial charge in [0.15, 0.2) is 0 Å². The van der Waals surface area contributed by atoms with Gasteiger partial charge in [-0.15, -0.1) is 0 Å². The Morgan fingerprint density at radius 3 is 2.32 bits per heavy atom. The summed E-state index contributed by atoms with van der Waals surface area (Å²) in [5.74, 6) is -0.0756. The van der Waals surface area contributed by atoms with Gasteiger partial charge in [-0.1, -0.05) is 38.2 Å². The summed E-state index contributed by atoms with van der Waals surface area (Å²) in [6.07, 6.45) is 8.31. The molecule has 1 fully saturated rings. The third-order valence-corrected chi connectivity index (χ3v) is 6.36. The lowest BCUT2D eigenvalue weighted by Crippen LogP contribution is -2.37. The van der Waals surface area contributed by atoms with Gasteiger partial charge in [-0.25, -0.2) is 13.1 Å². The summed E-state index contributed by atoms with van der Waals surface area (Å²) >= 11 is 0. The SMILES string of the molecule is Cc1ccc(S(=O)(=O)NCCC(=O)NC2CCCCCCC2)cc1C. The molecule has 25 heavy (non-hydrogen) atoms. The number of benzene rings is 1. The van der Waals surface area contributed by atoms with E-state index in [1.165, 1.54) is 19.3 Å². The van der Waals surface area contributed by atoms with Crippen LogP contribution in [0.2, 0.25) is 0 Å². The molecule has 140 valence electrons. The first-order valence-electron chi connectivity index (χ1n) is 9.25. The average Bonchev–Trinajstić information content (AvgIpc) is 2.52. The van der Waals surface area contributed by atoms with Crippen LogP contribution in [-0.2, 0) is 14.8 Å². The van der Waals surface area contributed by atoms with Gasteiger partial charge in [0.05, 0.1) is 4.90 Å². The summed E-state index contributed by atoms with van der Waals surface area (Å²) in [6.45, 7) is 3.95. The van der Waals surface area contributed by atoms with E-state index in [1.54, 1.807) is 18.2 Å². The number of aryl methyl sites for hydroxylation is 2. The second kappa shape index (κ2) is 9.34. The van der Waals surface area contributed by atoms with Crippen LogP contribution < -0.4 is 10.0 Å². The van der Waals surface area contributed by atoms with Crippen molar-refractivity contribution in [3.63, 3.8) is 0 Å². The van der Waals surface area contributed by atoms with Crippen molar-refractivity contribution in [2.75, 3.05) is 6.54 Å². The molecule has 0 atom stereocenters. The lowest BCUT2D eigenvalue weighted by molar-refractivity contribution is -0.121. The van der Waals surface area contributed by atoms with Crippen LogP contribution in [0.4, 0.5) is 0 Å². The highest BCUT2D eigenvalue weighted by atomic mass is 32.2. The molecule has 1 aromatic rings. The largest absolute Gasteiger partial charge is 0.353 e. The van der Waals surface area contributed by atoms with Crippen molar-refractivity contribution < 1.29 is 13.2 Å². The monoisotopic (exact) mass is 366 g/mol. The molecule has 0 unspecified atom stereocenters. The first-order valence-corrected chi connectivity index (χ1v) is 10.7. The Labute approximate surface area is 151 Å². The van der Waals surface area contributed by atoms with Crippen molar-refractivity contribution in [2.24, 2.45) is 0 Å². The predicted octanol–water partition coefficient (Wildman–Crippen LogP) is 3.20. The number of carbonyl (C=O) groups excluding carboxylic acids is 1. The van der Waals surface area contributed by atoms with Gasteiger partial charge in [0.1, 0.15) is 0 Å². The summed E-state index contributed by atoms with van der Waals surface area (Å²) in [5.41, 5.74) is 1.99. The summed E-state index contributed by atoms with van der Waals surface area (Å²) < 4.78 is 27.1. The molecular weight excluding hydrogens is 336 g/mol. The first kappa shape index (κ1) is 19.9. The van der Waals surface area contributed by atoms with E-state index in [2.05, 4.69) is 10.0 Å². The number of sulfonamides is 1. The lowest BCUT2D eigenvalue weighted by atomic mass is 9.96. The zero-order chi connectivity index (χ0) is 18.3. The molecule has 1 saturated carbocycles. The second-order valence-corrected chi connectivity index (χ2v) is 8.77. The van der Waals surface area contributed by atoms with Crippen LogP contribution in [0.25, 0.3) is 0 Å². The minimum atomic E-state index is -3.57. The van der Waals surface area contributed by atoms with Crippen LogP contribution in [-0.4, -0.2) is 26.9 Å². The lowest BCUT2D eigenvalue weighted by Gasteiger charge is -2.21. The topological polar surface area (TPSA) is 75.3 Å². The maximum atomic E-state index is 12.3. The van der Waals surface area contributed by atoms with Gasteiger partial charge >= 0.3 is 0 Å². The number of carbonyl (C=O) groups is 1. The molecule has 1 aliphatic rings. The van der Waals surface area contributed by atoms with E-state index in [9.17, 15) is 13.2 Å². The van der Waals surface area contributed by atoms with E-state index in [4.69, 9.17) is 0 Å². The molecule has 0 radical (unpaired) electrons. The van der Waals surface area contributed by atoms with Crippen LogP contribution in [0.1, 0.15) is 62.5 Å². The van der Waals surface area contributed by atoms with Crippen molar-refractivity contribution in [3.05, 3.63) is 29.3 Å². The fourth-order valence-corrected chi connectivity index (χ4v) is 4.28. The second-order valence-electron chi connectivity index (χ2n) is 7.00. The minimum absolute atomic E-state index is 0.0756. The molecule has 6 heteroatoms. The van der Waals surface area contributed by atoms with Crippen molar-refractivity contribution in [3.8, 4) is 0 Å². The molecule has 1 aliphatic carbocycles. The summed E-state index contributed by atoms with van der Waals surface area (Å²) in [5, 5.41) is 3.06. The highest BCUT2D eigenvalue weighted by molar-refractivity contribution is 7.89. The summed E-state index contributed by atoms with van der Waals surface area (Å²) in [4.78, 5) is 12.3. The van der Waals surface area contributed by atoms with Crippen LogP contribution in [0.3, 0.4) is 0 Å². The van der Waals surface area contributed by atoms with Gasteiger partial charge in [-0.3, -0.25) is 4.79 Å². The van der Waals surface area contributed by atoms with Crippen LogP contribution in [0.5, 0.6) is 0 Å². The van der Waals surface area contributed by atoms with Crippen LogP contribution in [0, 0.1) is 13.8 Å².